The molecule has 1 aromatic heterocycles. The third kappa shape index (κ3) is 4.90. The second-order valence-electron chi connectivity index (χ2n) is 8.96. The summed E-state index contributed by atoms with van der Waals surface area (Å²) < 4.78 is 0. The third-order valence-electron chi connectivity index (χ3n) is 5.67. The van der Waals surface area contributed by atoms with Crippen LogP contribution in [0.3, 0.4) is 0 Å². The van der Waals surface area contributed by atoms with Crippen LogP contribution in [0.2, 0.25) is 0 Å². The van der Waals surface area contributed by atoms with E-state index in [0.29, 0.717) is 19.5 Å². The Balaban J connectivity index is 1.61. The highest BCUT2D eigenvalue weighted by molar-refractivity contribution is 7.13. The summed E-state index contributed by atoms with van der Waals surface area (Å²) >= 11 is 1.63. The van der Waals surface area contributed by atoms with Crippen molar-refractivity contribution < 1.29 is 9.59 Å². The Morgan fingerprint density at radius 3 is 2.53 bits per heavy atom. The van der Waals surface area contributed by atoms with Crippen molar-refractivity contribution in [2.24, 2.45) is 5.41 Å². The van der Waals surface area contributed by atoms with Gasteiger partial charge in [0.25, 0.3) is 0 Å². The molecule has 0 saturated carbocycles. The van der Waals surface area contributed by atoms with Crippen LogP contribution in [0.4, 0.5) is 0 Å². The Kier molecular flexibility index (Phi) is 6.93. The van der Waals surface area contributed by atoms with E-state index in [1.54, 1.807) is 23.3 Å². The smallest absolute Gasteiger partial charge is 0.243 e. The maximum Gasteiger partial charge on any atom is 0.243 e. The topological polar surface area (TPSA) is 74.3 Å². The summed E-state index contributed by atoms with van der Waals surface area (Å²) in [6.07, 6.45) is 1.56. The molecule has 2 aromatic rings. The van der Waals surface area contributed by atoms with Crippen molar-refractivity contribution in [1.29, 1.82) is 0 Å². The second kappa shape index (κ2) is 9.27. The Labute approximate surface area is 183 Å². The predicted octanol–water partition coefficient (Wildman–Crippen LogP) is 3.36. The minimum Gasteiger partial charge on any atom is -0.350 e. The molecule has 30 heavy (non-hydrogen) atoms. The number of carbonyl (C=O) groups is 2. The number of likely N-dealkylation sites (N-methyl/N-ethyl adjacent to an activating group) is 1. The number of rotatable bonds is 6. The quantitative estimate of drug-likeness (QED) is 0.740. The summed E-state index contributed by atoms with van der Waals surface area (Å²) in [5.74, 6) is -0.0704. The predicted molar refractivity (Wildman–Crippen MR) is 121 cm³/mol. The van der Waals surface area contributed by atoms with Gasteiger partial charge in [0.05, 0.1) is 22.1 Å². The number of nitrogens with zero attached hydrogens (tertiary/aromatic N) is 2. The molecule has 1 aromatic carbocycles. The van der Waals surface area contributed by atoms with E-state index in [2.05, 4.69) is 27.8 Å². The van der Waals surface area contributed by atoms with Gasteiger partial charge in [-0.2, -0.15) is 0 Å². The summed E-state index contributed by atoms with van der Waals surface area (Å²) in [7, 11) is 1.80. The SMILES string of the molecule is CNC(C(=O)N1CCCC1C(=O)NCc1ccc(-c2scnc2C)cc1)C(C)(C)C. The molecule has 162 valence electrons. The molecule has 3 rings (SSSR count). The number of hydrogen-bond acceptors (Lipinski definition) is 5. The molecule has 7 heteroatoms. The molecule has 0 spiro atoms. The van der Waals surface area contributed by atoms with Gasteiger partial charge in [-0.3, -0.25) is 9.59 Å². The number of aryl methyl sites for hydroxylation is 1. The van der Waals surface area contributed by atoms with Crippen LogP contribution in [0.15, 0.2) is 29.8 Å². The van der Waals surface area contributed by atoms with Gasteiger partial charge >= 0.3 is 0 Å². The van der Waals surface area contributed by atoms with Gasteiger partial charge in [0.15, 0.2) is 0 Å². The van der Waals surface area contributed by atoms with Gasteiger partial charge in [-0.25, -0.2) is 4.98 Å². The Hall–Kier alpha value is -2.25. The molecule has 0 bridgehead atoms. The zero-order chi connectivity index (χ0) is 21.9. The molecule has 1 aliphatic heterocycles. The summed E-state index contributed by atoms with van der Waals surface area (Å²) in [5.41, 5.74) is 4.84. The molecule has 0 radical (unpaired) electrons. The molecular formula is C23H32N4O2S. The van der Waals surface area contributed by atoms with Crippen molar-refractivity contribution in [3.63, 3.8) is 0 Å². The number of likely N-dealkylation sites (tertiary alicyclic amines) is 1. The van der Waals surface area contributed by atoms with E-state index in [1.807, 2.05) is 45.3 Å². The lowest BCUT2D eigenvalue weighted by Crippen LogP contribution is -2.55. The van der Waals surface area contributed by atoms with E-state index in [0.717, 1.165) is 23.2 Å². The maximum absolute atomic E-state index is 13.1. The van der Waals surface area contributed by atoms with Gasteiger partial charge in [0, 0.05) is 13.1 Å². The van der Waals surface area contributed by atoms with Crippen molar-refractivity contribution in [1.82, 2.24) is 20.5 Å². The van der Waals surface area contributed by atoms with Crippen molar-refractivity contribution in [3.8, 4) is 10.4 Å². The fourth-order valence-electron chi connectivity index (χ4n) is 4.06. The fraction of sp³-hybridized carbons (Fsp3) is 0.522. The molecule has 2 N–H and O–H groups in total. The Bertz CT molecular complexity index is 885. The highest BCUT2D eigenvalue weighted by Gasteiger charge is 2.40. The van der Waals surface area contributed by atoms with E-state index in [9.17, 15) is 9.59 Å². The van der Waals surface area contributed by atoms with E-state index in [4.69, 9.17) is 0 Å². The largest absolute Gasteiger partial charge is 0.350 e. The summed E-state index contributed by atoms with van der Waals surface area (Å²) in [6.45, 7) is 9.20. The molecule has 1 saturated heterocycles. The second-order valence-corrected chi connectivity index (χ2v) is 9.81. The number of aromatic nitrogens is 1. The first-order valence-electron chi connectivity index (χ1n) is 10.5. The zero-order valence-corrected chi connectivity index (χ0v) is 19.3. The van der Waals surface area contributed by atoms with Gasteiger partial charge in [-0.05, 0) is 43.4 Å². The van der Waals surface area contributed by atoms with Crippen LogP contribution in [-0.2, 0) is 16.1 Å². The summed E-state index contributed by atoms with van der Waals surface area (Å²) in [6, 6.07) is 7.48. The van der Waals surface area contributed by atoms with E-state index in [1.165, 1.54) is 4.88 Å². The third-order valence-corrected chi connectivity index (χ3v) is 6.65. The first kappa shape index (κ1) is 22.4. The lowest BCUT2D eigenvalue weighted by molar-refractivity contribution is -0.142. The van der Waals surface area contributed by atoms with Gasteiger partial charge in [-0.1, -0.05) is 45.0 Å². The molecule has 2 atom stereocenters. The van der Waals surface area contributed by atoms with Gasteiger partial charge in [0.1, 0.15) is 6.04 Å². The van der Waals surface area contributed by atoms with Crippen molar-refractivity contribution in [2.45, 2.75) is 59.2 Å². The zero-order valence-electron chi connectivity index (χ0n) is 18.5. The molecule has 1 aliphatic rings. The lowest BCUT2D eigenvalue weighted by Gasteiger charge is -2.34. The number of amides is 2. The fourth-order valence-corrected chi connectivity index (χ4v) is 4.87. The van der Waals surface area contributed by atoms with Crippen molar-refractivity contribution in [2.75, 3.05) is 13.6 Å². The van der Waals surface area contributed by atoms with Crippen LogP contribution in [0.25, 0.3) is 10.4 Å². The number of carbonyl (C=O) groups excluding carboxylic acids is 2. The Morgan fingerprint density at radius 1 is 1.27 bits per heavy atom. The van der Waals surface area contributed by atoms with Crippen LogP contribution in [0.5, 0.6) is 0 Å². The van der Waals surface area contributed by atoms with Crippen LogP contribution in [0, 0.1) is 12.3 Å². The summed E-state index contributed by atoms with van der Waals surface area (Å²) in [4.78, 5) is 33.1. The average molecular weight is 429 g/mol. The van der Waals surface area contributed by atoms with Gasteiger partial charge < -0.3 is 15.5 Å². The van der Waals surface area contributed by atoms with Gasteiger partial charge in [0.2, 0.25) is 11.8 Å². The monoisotopic (exact) mass is 428 g/mol. The van der Waals surface area contributed by atoms with E-state index in [-0.39, 0.29) is 23.3 Å². The lowest BCUT2D eigenvalue weighted by atomic mass is 9.86. The number of hydrogen-bond donors (Lipinski definition) is 2. The van der Waals surface area contributed by atoms with Crippen molar-refractivity contribution in [3.05, 3.63) is 41.0 Å². The molecule has 6 nitrogen and oxygen atoms in total. The highest BCUT2D eigenvalue weighted by Crippen LogP contribution is 2.28. The molecule has 0 aliphatic carbocycles. The number of benzene rings is 1. The standard InChI is InChI=1S/C23H32N4O2S/c1-15-19(30-14-26-15)17-10-8-16(9-11-17)13-25-21(28)18-7-6-12-27(18)22(29)20(24-5)23(2,3)4/h8-11,14,18,20,24H,6-7,12-13H2,1-5H3,(H,25,28). The van der Waals surface area contributed by atoms with Crippen molar-refractivity contribution >= 4 is 23.2 Å². The van der Waals surface area contributed by atoms with Crippen LogP contribution >= 0.6 is 11.3 Å². The minimum absolute atomic E-state index is 0.00642. The van der Waals surface area contributed by atoms with Gasteiger partial charge in [-0.15, -0.1) is 11.3 Å². The van der Waals surface area contributed by atoms with Crippen LogP contribution in [0.1, 0.15) is 44.9 Å². The van der Waals surface area contributed by atoms with E-state index < -0.39 is 6.04 Å². The summed E-state index contributed by atoms with van der Waals surface area (Å²) in [5, 5.41) is 6.15. The molecular weight excluding hydrogens is 396 g/mol. The number of thiazole rings is 1. The molecule has 2 amide bonds. The Morgan fingerprint density at radius 2 is 1.97 bits per heavy atom. The first-order chi connectivity index (χ1) is 14.2. The highest BCUT2D eigenvalue weighted by atomic mass is 32.1. The minimum atomic E-state index is -0.394. The number of nitrogens with one attached hydrogen (secondary N) is 2. The molecule has 2 unspecified atom stereocenters. The van der Waals surface area contributed by atoms with E-state index >= 15 is 0 Å². The average Bonchev–Trinajstić information content (AvgIpc) is 3.35. The normalized spacial score (nSPS) is 17.8. The molecule has 2 heterocycles. The first-order valence-corrected chi connectivity index (χ1v) is 11.3. The van der Waals surface area contributed by atoms with Crippen LogP contribution < -0.4 is 10.6 Å². The maximum atomic E-state index is 13.1. The molecule has 1 fully saturated rings. The van der Waals surface area contributed by atoms with Crippen LogP contribution in [-0.4, -0.2) is 47.4 Å².